The van der Waals surface area contributed by atoms with E-state index >= 15 is 0 Å². The second kappa shape index (κ2) is 9.42. The smallest absolute Gasteiger partial charge is 0.188 e. The van der Waals surface area contributed by atoms with E-state index in [0.29, 0.717) is 36.2 Å². The Kier molecular flexibility index (Phi) is 6.04. The average molecular weight is 460 g/mol. The first-order valence-electron chi connectivity index (χ1n) is 10.7. The molecule has 5 rings (SSSR count). The first kappa shape index (κ1) is 21.2. The zero-order valence-corrected chi connectivity index (χ0v) is 18.8. The highest BCUT2D eigenvalue weighted by atomic mass is 35.5. The van der Waals surface area contributed by atoms with Crippen LogP contribution in [0.25, 0.3) is 10.9 Å². The van der Waals surface area contributed by atoms with Crippen LogP contribution in [0.4, 0.5) is 11.5 Å². The second-order valence-electron chi connectivity index (χ2n) is 7.79. The van der Waals surface area contributed by atoms with Crippen LogP contribution in [-0.4, -0.2) is 33.5 Å². The molecular formula is C25H22ClN5O2. The summed E-state index contributed by atoms with van der Waals surface area (Å²) in [5.74, 6) is 2.05. The third-order valence-corrected chi connectivity index (χ3v) is 5.51. The fraction of sp³-hybridized carbons (Fsp3) is 0.200. The van der Waals surface area contributed by atoms with E-state index in [1.807, 2.05) is 55.5 Å². The quantitative estimate of drug-likeness (QED) is 0.400. The maximum absolute atomic E-state index is 6.47. The minimum atomic E-state index is 0.140. The van der Waals surface area contributed by atoms with E-state index in [4.69, 9.17) is 21.1 Å². The van der Waals surface area contributed by atoms with E-state index in [-0.39, 0.29) is 6.10 Å². The molecule has 0 saturated heterocycles. The van der Waals surface area contributed by atoms with Crippen LogP contribution in [0.3, 0.4) is 0 Å². The van der Waals surface area contributed by atoms with Crippen molar-refractivity contribution in [3.8, 4) is 5.75 Å². The predicted molar refractivity (Wildman–Crippen MR) is 129 cm³/mol. The highest BCUT2D eigenvalue weighted by Crippen LogP contribution is 2.31. The molecular weight excluding hydrogens is 438 g/mol. The number of benzene rings is 2. The molecule has 33 heavy (non-hydrogen) atoms. The molecule has 0 radical (unpaired) electrons. The highest BCUT2D eigenvalue weighted by molar-refractivity contribution is 6.32. The number of halogens is 1. The number of anilines is 2. The molecule has 1 unspecified atom stereocenters. The summed E-state index contributed by atoms with van der Waals surface area (Å²) in [6, 6.07) is 17.3. The lowest BCUT2D eigenvalue weighted by Gasteiger charge is -2.12. The monoisotopic (exact) mass is 459 g/mol. The Bertz CT molecular complexity index is 1310. The molecule has 2 aromatic carbocycles. The van der Waals surface area contributed by atoms with Crippen LogP contribution in [0.1, 0.15) is 18.2 Å². The first-order valence-corrected chi connectivity index (χ1v) is 11.0. The molecule has 0 aliphatic carbocycles. The lowest BCUT2D eigenvalue weighted by atomic mass is 10.1. The van der Waals surface area contributed by atoms with Crippen LogP contribution in [0.15, 0.2) is 72.1 Å². The number of aliphatic imine (C=N–C) groups is 1. The number of nitrogens with one attached hydrogen (secondary N) is 1. The van der Waals surface area contributed by atoms with Crippen LogP contribution in [0.5, 0.6) is 5.75 Å². The van der Waals surface area contributed by atoms with Crippen molar-refractivity contribution in [3.05, 3.63) is 83.4 Å². The van der Waals surface area contributed by atoms with Gasteiger partial charge < -0.3 is 14.8 Å². The number of nitrogens with zero attached hydrogens (tertiary/aromatic N) is 4. The van der Waals surface area contributed by atoms with E-state index < -0.39 is 0 Å². The molecule has 1 N–H and O–H groups in total. The molecule has 0 fully saturated rings. The van der Waals surface area contributed by atoms with Crippen molar-refractivity contribution in [1.82, 2.24) is 15.0 Å². The molecule has 0 saturated carbocycles. The Balaban J connectivity index is 1.33. The van der Waals surface area contributed by atoms with Gasteiger partial charge in [0.1, 0.15) is 30.6 Å². The van der Waals surface area contributed by atoms with E-state index in [1.54, 1.807) is 12.5 Å². The molecule has 0 spiro atoms. The largest absolute Gasteiger partial charge is 0.486 e. The number of ether oxygens (including phenoxy) is 2. The summed E-state index contributed by atoms with van der Waals surface area (Å²) >= 11 is 6.47. The zero-order valence-electron chi connectivity index (χ0n) is 18.0. The summed E-state index contributed by atoms with van der Waals surface area (Å²) in [7, 11) is 0. The number of pyridine rings is 1. The normalized spacial score (nSPS) is 15.2. The minimum Gasteiger partial charge on any atom is -0.486 e. The van der Waals surface area contributed by atoms with Gasteiger partial charge >= 0.3 is 0 Å². The third-order valence-electron chi connectivity index (χ3n) is 5.21. The molecule has 1 atom stereocenters. The molecule has 0 bridgehead atoms. The van der Waals surface area contributed by atoms with Crippen LogP contribution >= 0.6 is 11.6 Å². The Hall–Kier alpha value is -3.71. The summed E-state index contributed by atoms with van der Waals surface area (Å²) in [6.07, 6.45) is 4.06. The summed E-state index contributed by atoms with van der Waals surface area (Å²) in [5, 5.41) is 4.76. The van der Waals surface area contributed by atoms with Gasteiger partial charge in [-0.1, -0.05) is 23.7 Å². The molecule has 1 aliphatic heterocycles. The topological polar surface area (TPSA) is 81.5 Å². The Morgan fingerprint density at radius 3 is 2.82 bits per heavy atom. The Morgan fingerprint density at radius 1 is 1.09 bits per heavy atom. The number of hydrogen-bond donors (Lipinski definition) is 1. The number of hydrogen-bond acceptors (Lipinski definition) is 7. The molecule has 0 amide bonds. The Morgan fingerprint density at radius 2 is 2.03 bits per heavy atom. The molecule has 3 heterocycles. The fourth-order valence-electron chi connectivity index (χ4n) is 3.59. The van der Waals surface area contributed by atoms with Crippen molar-refractivity contribution in [3.63, 3.8) is 0 Å². The lowest BCUT2D eigenvalue weighted by molar-refractivity contribution is 0.241. The van der Waals surface area contributed by atoms with Crippen LogP contribution in [0, 0.1) is 0 Å². The van der Waals surface area contributed by atoms with E-state index in [0.717, 1.165) is 33.7 Å². The van der Waals surface area contributed by atoms with Gasteiger partial charge in [0.15, 0.2) is 5.90 Å². The van der Waals surface area contributed by atoms with Gasteiger partial charge in [-0.3, -0.25) is 9.98 Å². The van der Waals surface area contributed by atoms with Gasteiger partial charge in [-0.15, -0.1) is 0 Å². The standard InChI is InChI=1S/C25H22ClN5O2/c1-16-13-28-24(33-16)11-17-5-7-22-20(10-17)25(30-15-29-22)31-18-6-8-23(21(26)12-18)32-14-19-4-2-3-9-27-19/h2-10,12,15-16H,11,13-14H2,1H3,(H,29,30,31). The van der Waals surface area contributed by atoms with Gasteiger partial charge in [0.25, 0.3) is 0 Å². The number of rotatable bonds is 7. The molecule has 166 valence electrons. The summed E-state index contributed by atoms with van der Waals surface area (Å²) in [4.78, 5) is 17.5. The fourth-order valence-corrected chi connectivity index (χ4v) is 3.83. The molecule has 4 aromatic rings. The molecule has 8 heteroatoms. The van der Waals surface area contributed by atoms with Crippen molar-refractivity contribution in [2.75, 3.05) is 11.9 Å². The average Bonchev–Trinajstić information content (AvgIpc) is 3.24. The lowest BCUT2D eigenvalue weighted by Crippen LogP contribution is -2.09. The number of aromatic nitrogens is 3. The second-order valence-corrected chi connectivity index (χ2v) is 8.20. The van der Waals surface area contributed by atoms with Gasteiger partial charge in [-0.25, -0.2) is 9.97 Å². The third kappa shape index (κ3) is 5.04. The molecule has 1 aliphatic rings. The van der Waals surface area contributed by atoms with Crippen LogP contribution < -0.4 is 10.1 Å². The number of fused-ring (bicyclic) bond motifs is 1. The maximum Gasteiger partial charge on any atom is 0.188 e. The van der Waals surface area contributed by atoms with Crippen molar-refractivity contribution >= 4 is 39.9 Å². The van der Waals surface area contributed by atoms with Crippen LogP contribution in [0.2, 0.25) is 5.02 Å². The SMILES string of the molecule is CC1CN=C(Cc2ccc3ncnc(Nc4ccc(OCc5ccccn5)c(Cl)c4)c3c2)O1. The van der Waals surface area contributed by atoms with Crippen molar-refractivity contribution < 1.29 is 9.47 Å². The minimum absolute atomic E-state index is 0.140. The predicted octanol–water partition coefficient (Wildman–Crippen LogP) is 5.36. The van der Waals surface area contributed by atoms with Gasteiger partial charge in [-0.05, 0) is 55.0 Å². The summed E-state index contributed by atoms with van der Waals surface area (Å²) < 4.78 is 11.6. The van der Waals surface area contributed by atoms with Gasteiger partial charge in [0, 0.05) is 23.7 Å². The first-order chi connectivity index (χ1) is 16.1. The van der Waals surface area contributed by atoms with Gasteiger partial charge in [0.2, 0.25) is 0 Å². The van der Waals surface area contributed by atoms with Gasteiger partial charge in [-0.2, -0.15) is 0 Å². The van der Waals surface area contributed by atoms with E-state index in [9.17, 15) is 0 Å². The van der Waals surface area contributed by atoms with Crippen LogP contribution in [-0.2, 0) is 17.8 Å². The molecule has 7 nitrogen and oxygen atoms in total. The molecule has 2 aromatic heterocycles. The van der Waals surface area contributed by atoms with Crippen molar-refractivity contribution in [2.45, 2.75) is 26.1 Å². The zero-order chi connectivity index (χ0) is 22.6. The Labute approximate surface area is 196 Å². The summed E-state index contributed by atoms with van der Waals surface area (Å²) in [6.45, 7) is 3.08. The maximum atomic E-state index is 6.47. The van der Waals surface area contributed by atoms with Crippen molar-refractivity contribution in [2.24, 2.45) is 4.99 Å². The van der Waals surface area contributed by atoms with E-state index in [2.05, 4.69) is 31.3 Å². The van der Waals surface area contributed by atoms with E-state index in [1.165, 1.54) is 0 Å². The highest BCUT2D eigenvalue weighted by Gasteiger charge is 2.16. The summed E-state index contributed by atoms with van der Waals surface area (Å²) in [5.41, 5.74) is 3.57. The van der Waals surface area contributed by atoms with Crippen molar-refractivity contribution in [1.29, 1.82) is 0 Å². The van der Waals surface area contributed by atoms with Gasteiger partial charge in [0.05, 0.1) is 22.8 Å².